The van der Waals surface area contributed by atoms with Gasteiger partial charge in [-0.3, -0.25) is 9.78 Å². The first kappa shape index (κ1) is 17.5. The molecule has 1 aromatic rings. The van der Waals surface area contributed by atoms with Gasteiger partial charge in [-0.05, 0) is 32.9 Å². The molecule has 1 aromatic heterocycles. The zero-order valence-corrected chi connectivity index (χ0v) is 13.6. The number of nitrogens with one attached hydrogen (secondary N) is 2. The highest BCUT2D eigenvalue weighted by Gasteiger charge is 2.25. The monoisotopic (exact) mass is 330 g/mol. The van der Waals surface area contributed by atoms with Gasteiger partial charge >= 0.3 is 0 Å². The van der Waals surface area contributed by atoms with E-state index in [9.17, 15) is 13.2 Å². The number of rotatable bonds is 6. The Bertz CT molecular complexity index is 644. The van der Waals surface area contributed by atoms with Gasteiger partial charge in [0.15, 0.2) is 0 Å². The van der Waals surface area contributed by atoms with Crippen LogP contribution in [0.3, 0.4) is 0 Å². The Kier molecular flexibility index (Phi) is 5.76. The second kappa shape index (κ2) is 6.92. The SMILES string of the molecule is CC(C)NC(=O)C(C)NS(=O)(=O)c1cccnc1C(N)=S. The average molecular weight is 330 g/mol. The van der Waals surface area contributed by atoms with E-state index >= 15 is 0 Å². The van der Waals surface area contributed by atoms with Crippen molar-refractivity contribution < 1.29 is 13.2 Å². The number of sulfonamides is 1. The summed E-state index contributed by atoms with van der Waals surface area (Å²) in [5.74, 6) is -0.422. The molecule has 0 aliphatic rings. The van der Waals surface area contributed by atoms with Gasteiger partial charge in [-0.2, -0.15) is 4.72 Å². The summed E-state index contributed by atoms with van der Waals surface area (Å²) in [6, 6.07) is 1.76. The Morgan fingerprint density at radius 2 is 2.00 bits per heavy atom. The molecular weight excluding hydrogens is 312 g/mol. The summed E-state index contributed by atoms with van der Waals surface area (Å²) < 4.78 is 26.9. The van der Waals surface area contributed by atoms with Gasteiger partial charge in [0.2, 0.25) is 15.9 Å². The van der Waals surface area contributed by atoms with Gasteiger partial charge < -0.3 is 11.1 Å². The molecular formula is C12H18N4O3S2. The zero-order chi connectivity index (χ0) is 16.2. The Morgan fingerprint density at radius 1 is 1.38 bits per heavy atom. The quantitative estimate of drug-likeness (QED) is 0.628. The molecule has 1 rings (SSSR count). The van der Waals surface area contributed by atoms with Gasteiger partial charge in [-0.15, -0.1) is 0 Å². The number of amides is 1. The number of aromatic nitrogens is 1. The third kappa shape index (κ3) is 4.73. The smallest absolute Gasteiger partial charge is 0.243 e. The maximum atomic E-state index is 12.3. The summed E-state index contributed by atoms with van der Waals surface area (Å²) in [4.78, 5) is 15.4. The first-order valence-corrected chi connectivity index (χ1v) is 8.12. The number of thiocarbonyl (C=S) groups is 1. The number of nitrogens with two attached hydrogens (primary N) is 1. The van der Waals surface area contributed by atoms with Crippen molar-refractivity contribution in [3.8, 4) is 0 Å². The van der Waals surface area contributed by atoms with Gasteiger partial charge in [0.1, 0.15) is 15.6 Å². The lowest BCUT2D eigenvalue weighted by Gasteiger charge is -2.17. The van der Waals surface area contributed by atoms with Gasteiger partial charge in [0.05, 0.1) is 6.04 Å². The Hall–Kier alpha value is -1.58. The highest BCUT2D eigenvalue weighted by Crippen LogP contribution is 2.13. The van der Waals surface area contributed by atoms with E-state index < -0.39 is 22.0 Å². The molecule has 1 atom stereocenters. The van der Waals surface area contributed by atoms with Crippen molar-refractivity contribution in [3.05, 3.63) is 24.0 Å². The fourth-order valence-corrected chi connectivity index (χ4v) is 3.15. The summed E-state index contributed by atoms with van der Waals surface area (Å²) in [5, 5.41) is 2.62. The lowest BCUT2D eigenvalue weighted by Crippen LogP contribution is -2.47. The van der Waals surface area contributed by atoms with Crippen LogP contribution in [0.4, 0.5) is 0 Å². The van der Waals surface area contributed by atoms with Crippen molar-refractivity contribution in [1.29, 1.82) is 0 Å². The highest BCUT2D eigenvalue weighted by molar-refractivity contribution is 7.89. The van der Waals surface area contributed by atoms with Crippen LogP contribution in [0.2, 0.25) is 0 Å². The van der Waals surface area contributed by atoms with E-state index in [0.29, 0.717) is 0 Å². The van der Waals surface area contributed by atoms with Crippen molar-refractivity contribution in [2.75, 3.05) is 0 Å². The molecule has 1 heterocycles. The van der Waals surface area contributed by atoms with E-state index in [1.165, 1.54) is 25.3 Å². The number of carbonyl (C=O) groups excluding carboxylic acids is 1. The summed E-state index contributed by atoms with van der Waals surface area (Å²) in [7, 11) is -3.96. The Labute approximate surface area is 129 Å². The fourth-order valence-electron chi connectivity index (χ4n) is 1.55. The van der Waals surface area contributed by atoms with Crippen LogP contribution in [0, 0.1) is 0 Å². The number of pyridine rings is 1. The number of nitrogens with zero attached hydrogens (tertiary/aromatic N) is 1. The van der Waals surface area contributed by atoms with Crippen LogP contribution in [-0.4, -0.2) is 36.4 Å². The Morgan fingerprint density at radius 3 is 2.52 bits per heavy atom. The number of carbonyl (C=O) groups is 1. The molecule has 4 N–H and O–H groups in total. The molecule has 9 heteroatoms. The van der Waals surface area contributed by atoms with Crippen molar-refractivity contribution >= 4 is 33.1 Å². The van der Waals surface area contributed by atoms with Gasteiger partial charge in [-0.1, -0.05) is 12.2 Å². The maximum absolute atomic E-state index is 12.3. The first-order valence-electron chi connectivity index (χ1n) is 6.22. The summed E-state index contributed by atoms with van der Waals surface area (Å²) in [6.45, 7) is 5.02. The Balaban J connectivity index is 3.03. The molecule has 0 aliphatic carbocycles. The average Bonchev–Trinajstić information content (AvgIpc) is 2.37. The number of hydrogen-bond donors (Lipinski definition) is 3. The maximum Gasteiger partial charge on any atom is 0.243 e. The molecule has 116 valence electrons. The summed E-state index contributed by atoms with van der Waals surface area (Å²) >= 11 is 4.78. The molecule has 0 radical (unpaired) electrons. The van der Waals surface area contributed by atoms with E-state index in [2.05, 4.69) is 15.0 Å². The molecule has 1 unspecified atom stereocenters. The second-order valence-electron chi connectivity index (χ2n) is 4.72. The highest BCUT2D eigenvalue weighted by atomic mass is 32.2. The topological polar surface area (TPSA) is 114 Å². The lowest BCUT2D eigenvalue weighted by molar-refractivity contribution is -0.122. The molecule has 0 aromatic carbocycles. The normalized spacial score (nSPS) is 13.0. The minimum absolute atomic E-state index is 0.00327. The van der Waals surface area contributed by atoms with Crippen LogP contribution in [0.5, 0.6) is 0 Å². The van der Waals surface area contributed by atoms with E-state index in [1.54, 1.807) is 13.8 Å². The van der Waals surface area contributed by atoms with Crippen LogP contribution < -0.4 is 15.8 Å². The predicted octanol–water partition coefficient (Wildman–Crippen LogP) is -0.0928. The minimum Gasteiger partial charge on any atom is -0.388 e. The molecule has 0 bridgehead atoms. The van der Waals surface area contributed by atoms with Gasteiger partial charge in [0, 0.05) is 12.2 Å². The van der Waals surface area contributed by atoms with Crippen molar-refractivity contribution in [3.63, 3.8) is 0 Å². The molecule has 0 saturated heterocycles. The third-order valence-corrected chi connectivity index (χ3v) is 4.22. The van der Waals surface area contributed by atoms with Crippen molar-refractivity contribution in [1.82, 2.24) is 15.0 Å². The van der Waals surface area contributed by atoms with Crippen LogP contribution >= 0.6 is 12.2 Å². The molecule has 0 saturated carbocycles. The van der Waals surface area contributed by atoms with Crippen LogP contribution in [-0.2, 0) is 14.8 Å². The molecule has 0 spiro atoms. The minimum atomic E-state index is -3.96. The van der Waals surface area contributed by atoms with E-state index in [4.69, 9.17) is 18.0 Å². The van der Waals surface area contributed by atoms with E-state index in [1.807, 2.05) is 0 Å². The third-order valence-electron chi connectivity index (χ3n) is 2.45. The second-order valence-corrected chi connectivity index (χ2v) is 6.84. The van der Waals surface area contributed by atoms with Crippen molar-refractivity contribution in [2.45, 2.75) is 37.8 Å². The first-order chi connectivity index (χ1) is 9.65. The van der Waals surface area contributed by atoms with E-state index in [-0.39, 0.29) is 21.6 Å². The van der Waals surface area contributed by atoms with E-state index in [0.717, 1.165) is 0 Å². The standard InChI is InChI=1S/C12H18N4O3S2/c1-7(2)15-12(17)8(3)16-21(18,19)9-5-4-6-14-10(9)11(13)20/h4-8,16H,1-3H3,(H2,13,20)(H,15,17). The van der Waals surface area contributed by atoms with Gasteiger partial charge in [0.25, 0.3) is 0 Å². The lowest BCUT2D eigenvalue weighted by atomic mass is 10.3. The molecule has 0 fully saturated rings. The molecule has 21 heavy (non-hydrogen) atoms. The van der Waals surface area contributed by atoms with Crippen LogP contribution in [0.1, 0.15) is 26.5 Å². The number of hydrogen-bond acceptors (Lipinski definition) is 5. The van der Waals surface area contributed by atoms with Crippen molar-refractivity contribution in [2.24, 2.45) is 5.73 Å². The van der Waals surface area contributed by atoms with Crippen LogP contribution in [0.25, 0.3) is 0 Å². The molecule has 7 nitrogen and oxygen atoms in total. The molecule has 0 aliphatic heterocycles. The largest absolute Gasteiger partial charge is 0.388 e. The fraction of sp³-hybridized carbons (Fsp3) is 0.417. The van der Waals surface area contributed by atoms with Crippen LogP contribution in [0.15, 0.2) is 23.2 Å². The molecule has 1 amide bonds. The summed E-state index contributed by atoms with van der Waals surface area (Å²) in [6.07, 6.45) is 1.39. The summed E-state index contributed by atoms with van der Waals surface area (Å²) in [5.41, 5.74) is 5.46. The van der Waals surface area contributed by atoms with Gasteiger partial charge in [-0.25, -0.2) is 8.42 Å². The zero-order valence-electron chi connectivity index (χ0n) is 12.0. The predicted molar refractivity (Wildman–Crippen MR) is 83.2 cm³/mol.